The molecule has 0 radical (unpaired) electrons. The van der Waals surface area contributed by atoms with Crippen molar-refractivity contribution in [3.63, 3.8) is 0 Å². The Balaban J connectivity index is 2.04. The maximum Gasteiger partial charge on any atom is 0.119 e. The largest absolute Gasteiger partial charge is 0.497 e. The minimum Gasteiger partial charge on any atom is -0.497 e. The zero-order valence-corrected chi connectivity index (χ0v) is 12.4. The van der Waals surface area contributed by atoms with E-state index in [-0.39, 0.29) is 6.04 Å². The van der Waals surface area contributed by atoms with Crippen molar-refractivity contribution in [2.45, 2.75) is 18.9 Å². The molecule has 0 bridgehead atoms. The van der Waals surface area contributed by atoms with E-state index in [1.54, 1.807) is 13.3 Å². The smallest absolute Gasteiger partial charge is 0.119 e. The zero-order valence-electron chi connectivity index (χ0n) is 10.8. The van der Waals surface area contributed by atoms with E-state index in [1.807, 2.05) is 36.5 Å². The van der Waals surface area contributed by atoms with Crippen LogP contribution in [0.3, 0.4) is 0 Å². The second-order valence-corrected chi connectivity index (χ2v) is 5.34. The Hall–Kier alpha value is -1.39. The van der Waals surface area contributed by atoms with Gasteiger partial charge in [-0.05, 0) is 48.2 Å². The standard InChI is InChI=1S/C15H17BrN2O/c1-19-14-4-5-15(16)12(9-14)8-13(17)7-11-3-2-6-18-10-11/h2-6,9-10,13H,7-8,17H2,1H3. The third-order valence-corrected chi connectivity index (χ3v) is 3.73. The lowest BCUT2D eigenvalue weighted by molar-refractivity contribution is 0.414. The van der Waals surface area contributed by atoms with E-state index in [0.29, 0.717) is 0 Å². The second kappa shape index (κ2) is 6.68. The molecule has 0 fully saturated rings. The van der Waals surface area contributed by atoms with Crippen LogP contribution in [0.4, 0.5) is 0 Å². The number of hydrogen-bond donors (Lipinski definition) is 1. The van der Waals surface area contributed by atoms with Gasteiger partial charge in [0.1, 0.15) is 5.75 Å². The highest BCUT2D eigenvalue weighted by Gasteiger charge is 2.09. The predicted octanol–water partition coefficient (Wildman–Crippen LogP) is 2.97. The molecule has 1 aromatic heterocycles. The van der Waals surface area contributed by atoms with Crippen LogP contribution in [0.2, 0.25) is 0 Å². The summed E-state index contributed by atoms with van der Waals surface area (Å²) in [7, 11) is 1.67. The Morgan fingerprint density at radius 1 is 1.32 bits per heavy atom. The Kier molecular flexibility index (Phi) is 4.93. The first-order chi connectivity index (χ1) is 9.19. The molecule has 2 aromatic rings. The monoisotopic (exact) mass is 320 g/mol. The molecule has 1 aromatic carbocycles. The summed E-state index contributed by atoms with van der Waals surface area (Å²) in [6.07, 6.45) is 5.25. The molecule has 1 atom stereocenters. The normalized spacial score (nSPS) is 12.2. The van der Waals surface area contributed by atoms with Crippen LogP contribution in [0.1, 0.15) is 11.1 Å². The van der Waals surface area contributed by atoms with E-state index in [9.17, 15) is 0 Å². The van der Waals surface area contributed by atoms with Crippen molar-refractivity contribution >= 4 is 15.9 Å². The number of rotatable bonds is 5. The maximum absolute atomic E-state index is 6.21. The van der Waals surface area contributed by atoms with Gasteiger partial charge in [-0.15, -0.1) is 0 Å². The topological polar surface area (TPSA) is 48.1 Å². The van der Waals surface area contributed by atoms with E-state index in [1.165, 1.54) is 0 Å². The maximum atomic E-state index is 6.21. The molecule has 4 heteroatoms. The number of ether oxygens (including phenoxy) is 1. The van der Waals surface area contributed by atoms with Crippen molar-refractivity contribution in [3.8, 4) is 5.75 Å². The number of methoxy groups -OCH3 is 1. The van der Waals surface area contributed by atoms with Gasteiger partial charge in [0.25, 0.3) is 0 Å². The lowest BCUT2D eigenvalue weighted by atomic mass is 10.0. The molecule has 2 N–H and O–H groups in total. The molecule has 1 heterocycles. The highest BCUT2D eigenvalue weighted by atomic mass is 79.9. The molecule has 0 aliphatic heterocycles. The van der Waals surface area contributed by atoms with Gasteiger partial charge in [-0.3, -0.25) is 4.98 Å². The number of halogens is 1. The van der Waals surface area contributed by atoms with Crippen LogP contribution in [0.5, 0.6) is 5.75 Å². The van der Waals surface area contributed by atoms with Crippen LogP contribution < -0.4 is 10.5 Å². The van der Waals surface area contributed by atoms with Gasteiger partial charge in [0.2, 0.25) is 0 Å². The Morgan fingerprint density at radius 3 is 2.84 bits per heavy atom. The number of nitrogens with zero attached hydrogens (tertiary/aromatic N) is 1. The van der Waals surface area contributed by atoms with Crippen LogP contribution in [-0.4, -0.2) is 18.1 Å². The summed E-state index contributed by atoms with van der Waals surface area (Å²) in [4.78, 5) is 4.10. The molecule has 3 nitrogen and oxygen atoms in total. The molecule has 0 spiro atoms. The Bertz CT molecular complexity index is 531. The first-order valence-electron chi connectivity index (χ1n) is 6.16. The number of pyridine rings is 1. The molecule has 1 unspecified atom stereocenters. The molecule has 100 valence electrons. The highest BCUT2D eigenvalue weighted by Crippen LogP contribution is 2.23. The number of nitrogens with two attached hydrogens (primary N) is 1. The molecule has 0 saturated heterocycles. The van der Waals surface area contributed by atoms with Crippen molar-refractivity contribution in [3.05, 3.63) is 58.3 Å². The number of hydrogen-bond acceptors (Lipinski definition) is 3. The molecule has 2 rings (SSSR count). The van der Waals surface area contributed by atoms with Crippen molar-refractivity contribution in [2.24, 2.45) is 5.73 Å². The second-order valence-electron chi connectivity index (χ2n) is 4.49. The van der Waals surface area contributed by atoms with Crippen LogP contribution in [-0.2, 0) is 12.8 Å². The van der Waals surface area contributed by atoms with E-state index in [0.717, 1.165) is 34.2 Å². The van der Waals surface area contributed by atoms with Crippen LogP contribution in [0.15, 0.2) is 47.2 Å². The molecular weight excluding hydrogens is 304 g/mol. The van der Waals surface area contributed by atoms with Crippen LogP contribution >= 0.6 is 15.9 Å². The minimum absolute atomic E-state index is 0.0626. The van der Waals surface area contributed by atoms with Gasteiger partial charge >= 0.3 is 0 Å². The van der Waals surface area contributed by atoms with Gasteiger partial charge in [-0.25, -0.2) is 0 Å². The zero-order chi connectivity index (χ0) is 13.7. The Morgan fingerprint density at radius 2 is 2.16 bits per heavy atom. The fourth-order valence-corrected chi connectivity index (χ4v) is 2.42. The molecule has 19 heavy (non-hydrogen) atoms. The fraction of sp³-hybridized carbons (Fsp3) is 0.267. The van der Waals surface area contributed by atoms with Gasteiger partial charge in [-0.2, -0.15) is 0 Å². The average molecular weight is 321 g/mol. The lowest BCUT2D eigenvalue weighted by Gasteiger charge is -2.13. The summed E-state index contributed by atoms with van der Waals surface area (Å²) in [5.41, 5.74) is 8.53. The van der Waals surface area contributed by atoms with Crippen molar-refractivity contribution in [1.82, 2.24) is 4.98 Å². The van der Waals surface area contributed by atoms with E-state index >= 15 is 0 Å². The van der Waals surface area contributed by atoms with Gasteiger partial charge < -0.3 is 10.5 Å². The predicted molar refractivity (Wildman–Crippen MR) is 80.3 cm³/mol. The third kappa shape index (κ3) is 4.04. The first-order valence-corrected chi connectivity index (χ1v) is 6.95. The van der Waals surface area contributed by atoms with Crippen molar-refractivity contribution in [1.29, 1.82) is 0 Å². The van der Waals surface area contributed by atoms with Crippen molar-refractivity contribution in [2.75, 3.05) is 7.11 Å². The summed E-state index contributed by atoms with van der Waals surface area (Å²) in [5, 5.41) is 0. The average Bonchev–Trinajstić information content (AvgIpc) is 2.42. The quantitative estimate of drug-likeness (QED) is 0.921. The molecule has 0 aliphatic carbocycles. The molecule has 0 saturated carbocycles. The fourth-order valence-electron chi connectivity index (χ4n) is 2.01. The van der Waals surface area contributed by atoms with Crippen LogP contribution in [0, 0.1) is 0 Å². The lowest BCUT2D eigenvalue weighted by Crippen LogP contribution is -2.25. The Labute approximate surface area is 121 Å². The van der Waals surface area contributed by atoms with E-state index in [4.69, 9.17) is 10.5 Å². The molecule has 0 amide bonds. The number of benzene rings is 1. The summed E-state index contributed by atoms with van der Waals surface area (Å²) < 4.78 is 6.30. The molecular formula is C15H17BrN2O. The molecule has 0 aliphatic rings. The van der Waals surface area contributed by atoms with E-state index in [2.05, 4.69) is 20.9 Å². The summed E-state index contributed by atoms with van der Waals surface area (Å²) in [5.74, 6) is 0.853. The van der Waals surface area contributed by atoms with E-state index < -0.39 is 0 Å². The summed E-state index contributed by atoms with van der Waals surface area (Å²) >= 11 is 3.55. The number of aromatic nitrogens is 1. The third-order valence-electron chi connectivity index (χ3n) is 2.96. The van der Waals surface area contributed by atoms with Gasteiger partial charge in [0.15, 0.2) is 0 Å². The first kappa shape index (κ1) is 14.0. The van der Waals surface area contributed by atoms with Gasteiger partial charge in [-0.1, -0.05) is 22.0 Å². The highest BCUT2D eigenvalue weighted by molar-refractivity contribution is 9.10. The van der Waals surface area contributed by atoms with Crippen molar-refractivity contribution < 1.29 is 4.74 Å². The summed E-state index contributed by atoms with van der Waals surface area (Å²) in [6.45, 7) is 0. The minimum atomic E-state index is 0.0626. The van der Waals surface area contributed by atoms with Gasteiger partial charge in [0, 0.05) is 22.9 Å². The SMILES string of the molecule is COc1ccc(Br)c(CC(N)Cc2cccnc2)c1. The summed E-state index contributed by atoms with van der Waals surface area (Å²) in [6, 6.07) is 9.99. The van der Waals surface area contributed by atoms with Gasteiger partial charge in [0.05, 0.1) is 7.11 Å². The van der Waals surface area contributed by atoms with Crippen LogP contribution in [0.25, 0.3) is 0 Å².